The smallest absolute Gasteiger partial charge is 0.410 e. The van der Waals surface area contributed by atoms with Crippen LogP contribution in [0.1, 0.15) is 43.1 Å². The summed E-state index contributed by atoms with van der Waals surface area (Å²) >= 11 is 6.31. The number of carbonyl (C=O) groups excluding carboxylic acids is 2. The third kappa shape index (κ3) is 5.61. The summed E-state index contributed by atoms with van der Waals surface area (Å²) < 4.78 is 11.6. The lowest BCUT2D eigenvalue weighted by Gasteiger charge is -2.35. The monoisotopic (exact) mass is 538 g/mol. The molecule has 5 rings (SSSR count). The average Bonchev–Trinajstić information content (AvgIpc) is 3.29. The van der Waals surface area contributed by atoms with E-state index in [9.17, 15) is 9.59 Å². The largest absolute Gasteiger partial charge is 0.494 e. The molecule has 3 aromatic rings. The van der Waals surface area contributed by atoms with Crippen molar-refractivity contribution in [2.45, 2.75) is 32.7 Å². The van der Waals surface area contributed by atoms with E-state index in [1.54, 1.807) is 11.8 Å². The van der Waals surface area contributed by atoms with Crippen molar-refractivity contribution in [3.05, 3.63) is 64.3 Å². The van der Waals surface area contributed by atoms with Gasteiger partial charge in [-0.2, -0.15) is 0 Å². The van der Waals surface area contributed by atoms with Crippen LogP contribution >= 0.6 is 11.6 Å². The van der Waals surface area contributed by atoms with Gasteiger partial charge in [0.2, 0.25) is 5.91 Å². The van der Waals surface area contributed by atoms with Crippen LogP contribution in [0.2, 0.25) is 5.02 Å². The molecule has 1 saturated heterocycles. The molecule has 1 unspecified atom stereocenters. The first-order chi connectivity index (χ1) is 18.4. The van der Waals surface area contributed by atoms with Gasteiger partial charge in [-0.25, -0.2) is 4.79 Å². The molecule has 9 heteroatoms. The van der Waals surface area contributed by atoms with Crippen LogP contribution < -0.4 is 4.74 Å². The number of nitrogens with one attached hydrogen (secondary N) is 1. The van der Waals surface area contributed by atoms with Gasteiger partial charge < -0.3 is 19.4 Å². The van der Waals surface area contributed by atoms with Crippen molar-refractivity contribution in [1.82, 2.24) is 19.7 Å². The van der Waals surface area contributed by atoms with Crippen LogP contribution in [-0.2, 0) is 16.0 Å². The minimum atomic E-state index is -0.323. The summed E-state index contributed by atoms with van der Waals surface area (Å²) in [6.07, 6.45) is 1.30. The van der Waals surface area contributed by atoms with Gasteiger partial charge in [0.1, 0.15) is 11.8 Å². The Labute approximate surface area is 228 Å². The van der Waals surface area contributed by atoms with Crippen LogP contribution in [0.4, 0.5) is 4.79 Å². The highest BCUT2D eigenvalue weighted by molar-refractivity contribution is 6.31. The van der Waals surface area contributed by atoms with Crippen molar-refractivity contribution >= 4 is 34.5 Å². The van der Waals surface area contributed by atoms with E-state index in [1.807, 2.05) is 54.3 Å². The second-order valence-electron chi connectivity index (χ2n) is 9.87. The van der Waals surface area contributed by atoms with Crippen LogP contribution in [0, 0.1) is 0 Å². The first-order valence-electron chi connectivity index (χ1n) is 13.4. The number of fused-ring (bicyclic) bond motifs is 3. The second kappa shape index (κ2) is 11.7. The molecule has 1 fully saturated rings. The number of benzene rings is 2. The number of aromatic nitrogens is 1. The number of nitrogens with zero attached hydrogens (tertiary/aromatic N) is 3. The molecule has 0 saturated carbocycles. The fraction of sp³-hybridized carbons (Fsp3) is 0.448. The second-order valence-corrected chi connectivity index (χ2v) is 10.3. The number of rotatable bonds is 7. The van der Waals surface area contributed by atoms with Crippen LogP contribution in [0.5, 0.6) is 5.75 Å². The summed E-state index contributed by atoms with van der Waals surface area (Å²) in [5, 5.41) is 1.79. The molecule has 2 aliphatic rings. The fourth-order valence-corrected chi connectivity index (χ4v) is 5.72. The van der Waals surface area contributed by atoms with E-state index in [0.717, 1.165) is 73.5 Å². The van der Waals surface area contributed by atoms with Gasteiger partial charge in [-0.05, 0) is 61.2 Å². The lowest BCUT2D eigenvalue weighted by Crippen LogP contribution is -2.48. The molecule has 0 aliphatic carbocycles. The topological polar surface area (TPSA) is 78.1 Å². The van der Waals surface area contributed by atoms with Gasteiger partial charge in [0, 0.05) is 67.8 Å². The summed E-state index contributed by atoms with van der Waals surface area (Å²) in [5.74, 6) is 0.926. The molecule has 1 aromatic heterocycles. The van der Waals surface area contributed by atoms with Gasteiger partial charge in [0.25, 0.3) is 0 Å². The maximum Gasteiger partial charge on any atom is 0.410 e. The van der Waals surface area contributed by atoms with Crippen molar-refractivity contribution in [1.29, 1.82) is 0 Å². The normalized spacial score (nSPS) is 17.9. The van der Waals surface area contributed by atoms with E-state index in [2.05, 4.69) is 9.88 Å². The van der Waals surface area contributed by atoms with Crippen LogP contribution in [0.15, 0.2) is 42.5 Å². The number of hydrogen-bond acceptors (Lipinski definition) is 5. The Hall–Kier alpha value is -3.23. The van der Waals surface area contributed by atoms with Gasteiger partial charge in [0.05, 0.1) is 13.2 Å². The predicted octanol–water partition coefficient (Wildman–Crippen LogP) is 4.86. The molecule has 2 amide bonds. The molecule has 38 heavy (non-hydrogen) atoms. The van der Waals surface area contributed by atoms with Crippen molar-refractivity contribution in [2.24, 2.45) is 0 Å². The van der Waals surface area contributed by atoms with Gasteiger partial charge in [0.15, 0.2) is 0 Å². The van der Waals surface area contributed by atoms with Gasteiger partial charge in [-0.1, -0.05) is 23.7 Å². The Balaban J connectivity index is 1.30. The summed E-state index contributed by atoms with van der Waals surface area (Å²) in [7, 11) is 0. The molecule has 2 aliphatic heterocycles. The highest BCUT2D eigenvalue weighted by Gasteiger charge is 2.35. The zero-order valence-electron chi connectivity index (χ0n) is 22.0. The molecule has 8 nitrogen and oxygen atoms in total. The van der Waals surface area contributed by atoms with E-state index in [-0.39, 0.29) is 18.0 Å². The van der Waals surface area contributed by atoms with Gasteiger partial charge in [-0.15, -0.1) is 0 Å². The van der Waals surface area contributed by atoms with E-state index in [4.69, 9.17) is 21.1 Å². The third-order valence-corrected chi connectivity index (χ3v) is 7.71. The Morgan fingerprint density at radius 1 is 1.08 bits per heavy atom. The number of carbonyl (C=O) groups is 2. The molecule has 2 aromatic carbocycles. The number of hydrogen-bond donors (Lipinski definition) is 1. The van der Waals surface area contributed by atoms with Crippen molar-refractivity contribution in [3.8, 4) is 5.75 Å². The first kappa shape index (κ1) is 26.4. The van der Waals surface area contributed by atoms with Gasteiger partial charge in [-0.3, -0.25) is 14.6 Å². The summed E-state index contributed by atoms with van der Waals surface area (Å²) in [6, 6.07) is 13.5. The van der Waals surface area contributed by atoms with E-state index < -0.39 is 0 Å². The van der Waals surface area contributed by atoms with Gasteiger partial charge >= 0.3 is 6.09 Å². The minimum Gasteiger partial charge on any atom is -0.494 e. The third-order valence-electron chi connectivity index (χ3n) is 7.47. The number of amides is 2. The Morgan fingerprint density at radius 3 is 2.66 bits per heavy atom. The molecular formula is C29H35ClN4O4. The highest BCUT2D eigenvalue weighted by Crippen LogP contribution is 2.40. The van der Waals surface area contributed by atoms with Crippen molar-refractivity contribution in [3.63, 3.8) is 0 Å². The zero-order chi connectivity index (χ0) is 26.6. The van der Waals surface area contributed by atoms with Crippen LogP contribution in [-0.4, -0.2) is 84.2 Å². The summed E-state index contributed by atoms with van der Waals surface area (Å²) in [4.78, 5) is 34.1. The Kier molecular flexibility index (Phi) is 8.09. The highest BCUT2D eigenvalue weighted by atomic mass is 35.5. The average molecular weight is 539 g/mol. The minimum absolute atomic E-state index is 0.149. The predicted molar refractivity (Wildman–Crippen MR) is 148 cm³/mol. The first-order valence-corrected chi connectivity index (χ1v) is 13.8. The Morgan fingerprint density at radius 2 is 1.89 bits per heavy atom. The Bertz CT molecular complexity index is 1300. The quantitative estimate of drug-likeness (QED) is 0.435. The van der Waals surface area contributed by atoms with Crippen LogP contribution in [0.3, 0.4) is 0 Å². The van der Waals surface area contributed by atoms with Crippen LogP contribution in [0.25, 0.3) is 10.9 Å². The fourth-order valence-electron chi connectivity index (χ4n) is 5.55. The van der Waals surface area contributed by atoms with Crippen molar-refractivity contribution in [2.75, 3.05) is 52.5 Å². The van der Waals surface area contributed by atoms with E-state index in [0.29, 0.717) is 24.8 Å². The standard InChI is InChI=1S/C29H35ClN4O4/c1-3-37-29(36)34-12-10-24-25-19-22(30)8-9-26(25)31-27(24)28(34)21-6-4-7-23(18-21)38-17-5-11-32-13-15-33(16-14-32)20(2)35/h4,6-9,18-19,28,31H,3,5,10-17H2,1-2H3. The number of aromatic amines is 1. The summed E-state index contributed by atoms with van der Waals surface area (Å²) in [6.45, 7) is 9.25. The maximum atomic E-state index is 13.0. The molecule has 202 valence electrons. The summed E-state index contributed by atoms with van der Waals surface area (Å²) in [5.41, 5.74) is 4.15. The molecule has 0 bridgehead atoms. The maximum absolute atomic E-state index is 13.0. The molecule has 0 radical (unpaired) electrons. The molecule has 0 spiro atoms. The van der Waals surface area contributed by atoms with E-state index >= 15 is 0 Å². The number of piperazine rings is 1. The zero-order valence-corrected chi connectivity index (χ0v) is 22.8. The number of halogens is 1. The number of H-pyrrole nitrogens is 1. The SMILES string of the molecule is CCOC(=O)N1CCc2c([nH]c3ccc(Cl)cc23)C1c1cccc(OCCCN2CCN(C(C)=O)CC2)c1. The molecular weight excluding hydrogens is 504 g/mol. The lowest BCUT2D eigenvalue weighted by atomic mass is 9.92. The van der Waals surface area contributed by atoms with Crippen molar-refractivity contribution < 1.29 is 19.1 Å². The van der Waals surface area contributed by atoms with E-state index in [1.165, 1.54) is 5.56 Å². The molecule has 1 atom stereocenters. The number of ether oxygens (including phenoxy) is 2. The molecule has 3 heterocycles. The lowest BCUT2D eigenvalue weighted by molar-refractivity contribution is -0.130. The molecule has 1 N–H and O–H groups in total.